The summed E-state index contributed by atoms with van der Waals surface area (Å²) in [5.74, 6) is 0.942. The van der Waals surface area contributed by atoms with Crippen LogP contribution in [0.1, 0.15) is 43.1 Å². The van der Waals surface area contributed by atoms with E-state index in [1.807, 2.05) is 19.1 Å². The Bertz CT molecular complexity index is 1250. The lowest BCUT2D eigenvalue weighted by atomic mass is 10.2. The number of furan rings is 1. The molecule has 3 aromatic heterocycles. The number of hydrogen-bond acceptors (Lipinski definition) is 7. The second-order valence-electron chi connectivity index (χ2n) is 7.59. The summed E-state index contributed by atoms with van der Waals surface area (Å²) >= 11 is 6.65. The Balaban J connectivity index is 1.73. The van der Waals surface area contributed by atoms with Gasteiger partial charge in [0, 0.05) is 12.7 Å². The van der Waals surface area contributed by atoms with Gasteiger partial charge >= 0.3 is 0 Å². The van der Waals surface area contributed by atoms with Crippen molar-refractivity contribution in [2.75, 3.05) is 11.9 Å². The number of nitrogens with one attached hydrogen (secondary N) is 1. The summed E-state index contributed by atoms with van der Waals surface area (Å²) in [6.07, 6.45) is 7.93. The molecule has 1 amide bonds. The van der Waals surface area contributed by atoms with Crippen molar-refractivity contribution in [2.45, 2.75) is 39.7 Å². The molecule has 7 nitrogen and oxygen atoms in total. The molecule has 0 bridgehead atoms. The van der Waals surface area contributed by atoms with Gasteiger partial charge in [0.1, 0.15) is 21.5 Å². The van der Waals surface area contributed by atoms with Crippen LogP contribution in [0.15, 0.2) is 50.8 Å². The molecule has 1 fully saturated rings. The lowest BCUT2D eigenvalue weighted by Gasteiger charge is -2.13. The van der Waals surface area contributed by atoms with Gasteiger partial charge in [-0.05, 0) is 43.2 Å². The quantitative estimate of drug-likeness (QED) is 0.294. The van der Waals surface area contributed by atoms with Crippen molar-refractivity contribution in [2.24, 2.45) is 0 Å². The third-order valence-corrected chi connectivity index (χ3v) is 6.53. The number of amides is 1. The fraction of sp³-hybridized carbons (Fsp3) is 0.304. The molecule has 0 unspecified atom stereocenters. The molecule has 0 atom stereocenters. The van der Waals surface area contributed by atoms with E-state index in [9.17, 15) is 9.59 Å². The highest BCUT2D eigenvalue weighted by atomic mass is 32.2. The van der Waals surface area contributed by atoms with Crippen LogP contribution in [0, 0.1) is 6.92 Å². The number of aryl methyl sites for hydroxylation is 1. The van der Waals surface area contributed by atoms with E-state index < -0.39 is 0 Å². The van der Waals surface area contributed by atoms with Crippen LogP contribution in [0.5, 0.6) is 0 Å². The van der Waals surface area contributed by atoms with E-state index in [1.165, 1.54) is 16.2 Å². The summed E-state index contributed by atoms with van der Waals surface area (Å²) in [6.45, 7) is 4.98. The van der Waals surface area contributed by atoms with E-state index in [2.05, 4.69) is 17.2 Å². The van der Waals surface area contributed by atoms with Crippen molar-refractivity contribution in [3.63, 3.8) is 0 Å². The van der Waals surface area contributed by atoms with E-state index >= 15 is 0 Å². The van der Waals surface area contributed by atoms with Crippen LogP contribution in [0.3, 0.4) is 0 Å². The number of thioether (sulfide) groups is 1. The molecule has 0 aliphatic carbocycles. The van der Waals surface area contributed by atoms with E-state index in [4.69, 9.17) is 16.6 Å². The van der Waals surface area contributed by atoms with Crippen molar-refractivity contribution >= 4 is 51.7 Å². The number of rotatable bonds is 8. The number of pyridine rings is 1. The van der Waals surface area contributed by atoms with Gasteiger partial charge in [0.2, 0.25) is 0 Å². The first-order valence-electron chi connectivity index (χ1n) is 10.5. The molecule has 0 radical (unpaired) electrons. The second kappa shape index (κ2) is 9.70. The molecule has 1 aliphatic heterocycles. The van der Waals surface area contributed by atoms with Crippen LogP contribution < -0.4 is 10.9 Å². The van der Waals surface area contributed by atoms with Crippen LogP contribution in [-0.2, 0) is 11.3 Å². The summed E-state index contributed by atoms with van der Waals surface area (Å²) in [7, 11) is 0. The van der Waals surface area contributed by atoms with Crippen molar-refractivity contribution < 1.29 is 9.21 Å². The maximum atomic E-state index is 13.4. The summed E-state index contributed by atoms with van der Waals surface area (Å²) in [4.78, 5) is 33.1. The number of thiocarbonyl (C=S) groups is 1. The molecular weight excluding hydrogens is 444 g/mol. The molecule has 3 aromatic rings. The third kappa shape index (κ3) is 4.63. The first kappa shape index (κ1) is 22.3. The number of carbonyl (C=O) groups excluding carboxylic acids is 1. The zero-order chi connectivity index (χ0) is 22.7. The molecule has 32 heavy (non-hydrogen) atoms. The van der Waals surface area contributed by atoms with Crippen molar-refractivity contribution in [3.05, 3.63) is 68.9 Å². The minimum atomic E-state index is -0.253. The van der Waals surface area contributed by atoms with Crippen molar-refractivity contribution in [3.8, 4) is 0 Å². The molecule has 0 spiro atoms. The first-order chi connectivity index (χ1) is 15.5. The Morgan fingerprint density at radius 2 is 2.09 bits per heavy atom. The number of aromatic nitrogens is 2. The highest BCUT2D eigenvalue weighted by molar-refractivity contribution is 8.26. The zero-order valence-electron chi connectivity index (χ0n) is 18.0. The van der Waals surface area contributed by atoms with Gasteiger partial charge < -0.3 is 9.73 Å². The van der Waals surface area contributed by atoms with Gasteiger partial charge in [0.05, 0.1) is 23.3 Å². The van der Waals surface area contributed by atoms with Gasteiger partial charge in [-0.3, -0.25) is 18.9 Å². The lowest BCUT2D eigenvalue weighted by Crippen LogP contribution is -2.29. The number of anilines is 1. The van der Waals surface area contributed by atoms with Gasteiger partial charge in [-0.2, -0.15) is 0 Å². The Morgan fingerprint density at radius 1 is 1.25 bits per heavy atom. The fourth-order valence-electron chi connectivity index (χ4n) is 3.45. The predicted octanol–water partition coefficient (Wildman–Crippen LogP) is 4.60. The van der Waals surface area contributed by atoms with Gasteiger partial charge in [0.15, 0.2) is 0 Å². The molecule has 1 saturated heterocycles. The standard InChI is InChI=1S/C23H24N4O3S2/c1-3-4-5-10-26-22(29)18(32-23(26)31)12-17-20(24-13-16-7-6-11-30-16)25-19-9-8-15(2)14-27(19)21(17)28/h6-9,11-12,14,24H,3-5,10,13H2,1-2H3/b18-12+. The average Bonchev–Trinajstić information content (AvgIpc) is 3.38. The van der Waals surface area contributed by atoms with Crippen molar-refractivity contribution in [1.82, 2.24) is 14.3 Å². The molecular formula is C23H24N4O3S2. The van der Waals surface area contributed by atoms with E-state index in [1.54, 1.807) is 35.6 Å². The van der Waals surface area contributed by atoms with Crippen LogP contribution in [0.2, 0.25) is 0 Å². The van der Waals surface area contributed by atoms with Crippen LogP contribution in [-0.4, -0.2) is 31.1 Å². The van der Waals surface area contributed by atoms with Crippen LogP contribution in [0.25, 0.3) is 11.7 Å². The van der Waals surface area contributed by atoms with E-state index in [-0.39, 0.29) is 11.5 Å². The number of carbonyl (C=O) groups is 1. The minimum Gasteiger partial charge on any atom is -0.467 e. The Labute approximate surface area is 195 Å². The van der Waals surface area contributed by atoms with Gasteiger partial charge in [-0.15, -0.1) is 0 Å². The molecule has 0 aromatic carbocycles. The Morgan fingerprint density at radius 3 is 2.84 bits per heavy atom. The molecule has 1 N–H and O–H groups in total. The normalized spacial score (nSPS) is 15.3. The SMILES string of the molecule is CCCCCN1C(=O)/C(=C\c2c(NCc3ccco3)nc3ccc(C)cn3c2=O)SC1=S. The summed E-state index contributed by atoms with van der Waals surface area (Å²) < 4.78 is 7.40. The molecule has 0 saturated carbocycles. The highest BCUT2D eigenvalue weighted by Crippen LogP contribution is 2.33. The highest BCUT2D eigenvalue weighted by Gasteiger charge is 2.32. The van der Waals surface area contributed by atoms with Crippen LogP contribution in [0.4, 0.5) is 5.82 Å². The Kier molecular flexibility index (Phi) is 6.76. The van der Waals surface area contributed by atoms with Gasteiger partial charge in [-0.1, -0.05) is 49.8 Å². The third-order valence-electron chi connectivity index (χ3n) is 5.15. The largest absolute Gasteiger partial charge is 0.467 e. The molecule has 9 heteroatoms. The summed E-state index contributed by atoms with van der Waals surface area (Å²) in [6, 6.07) is 7.34. The average molecular weight is 469 g/mol. The topological polar surface area (TPSA) is 79.8 Å². The predicted molar refractivity (Wildman–Crippen MR) is 132 cm³/mol. The monoisotopic (exact) mass is 468 g/mol. The second-order valence-corrected chi connectivity index (χ2v) is 9.26. The lowest BCUT2D eigenvalue weighted by molar-refractivity contribution is -0.122. The number of fused-ring (bicyclic) bond motifs is 1. The number of nitrogens with zero attached hydrogens (tertiary/aromatic N) is 3. The zero-order valence-corrected chi connectivity index (χ0v) is 19.6. The minimum absolute atomic E-state index is 0.165. The van der Waals surface area contributed by atoms with E-state index in [0.29, 0.717) is 45.1 Å². The smallest absolute Gasteiger partial charge is 0.267 e. The van der Waals surface area contributed by atoms with E-state index in [0.717, 1.165) is 24.8 Å². The maximum Gasteiger partial charge on any atom is 0.267 e. The number of hydrogen-bond donors (Lipinski definition) is 1. The molecule has 4 heterocycles. The van der Waals surface area contributed by atoms with Gasteiger partial charge in [0.25, 0.3) is 11.5 Å². The summed E-state index contributed by atoms with van der Waals surface area (Å²) in [5.41, 5.74) is 1.52. The number of unbranched alkanes of at least 4 members (excludes halogenated alkanes) is 2. The molecule has 1 aliphatic rings. The first-order valence-corrected chi connectivity index (χ1v) is 11.7. The molecule has 166 valence electrons. The van der Waals surface area contributed by atoms with Gasteiger partial charge in [-0.25, -0.2) is 4.98 Å². The van der Waals surface area contributed by atoms with Crippen LogP contribution >= 0.6 is 24.0 Å². The maximum absolute atomic E-state index is 13.4. The van der Waals surface area contributed by atoms with Crippen molar-refractivity contribution in [1.29, 1.82) is 0 Å². The summed E-state index contributed by atoms with van der Waals surface area (Å²) in [5, 5.41) is 3.19. The Hall–Kier alpha value is -2.91. The molecule has 4 rings (SSSR count). The fourth-order valence-corrected chi connectivity index (χ4v) is 4.74.